The molecule has 0 spiro atoms. The van der Waals surface area contributed by atoms with Crippen LogP contribution in [-0.4, -0.2) is 4.92 Å². The van der Waals surface area contributed by atoms with E-state index in [1.54, 1.807) is 18.2 Å². The number of hydrogen-bond donors (Lipinski definition) is 1. The number of nitrogens with zero attached hydrogens (tertiary/aromatic N) is 1. The van der Waals surface area contributed by atoms with Crippen molar-refractivity contribution in [2.45, 2.75) is 0 Å². The molecule has 0 aliphatic rings. The Labute approximate surface area is 118 Å². The van der Waals surface area contributed by atoms with E-state index in [1.807, 2.05) is 12.1 Å². The summed E-state index contributed by atoms with van der Waals surface area (Å²) in [5.74, 6) is 2.53. The largest absolute Gasteiger partial charge is 0.354 e. The van der Waals surface area contributed by atoms with Crippen molar-refractivity contribution in [3.8, 4) is 12.3 Å². The third-order valence-electron chi connectivity index (χ3n) is 2.49. The highest BCUT2D eigenvalue weighted by Crippen LogP contribution is 2.29. The summed E-state index contributed by atoms with van der Waals surface area (Å²) in [6.07, 6.45) is 5.28. The molecule has 5 heteroatoms. The van der Waals surface area contributed by atoms with Gasteiger partial charge in [0.1, 0.15) is 0 Å². The van der Waals surface area contributed by atoms with Gasteiger partial charge in [0.15, 0.2) is 0 Å². The lowest BCUT2D eigenvalue weighted by Gasteiger charge is -2.08. The van der Waals surface area contributed by atoms with Crippen molar-refractivity contribution in [2.75, 3.05) is 5.32 Å². The molecule has 2 rings (SSSR count). The molecule has 4 nitrogen and oxygen atoms in total. The smallest absolute Gasteiger partial charge is 0.271 e. The number of nitrogens with one attached hydrogen (secondary N) is 1. The maximum atomic E-state index is 10.7. The minimum atomic E-state index is -0.431. The van der Waals surface area contributed by atoms with Gasteiger partial charge in [-0.1, -0.05) is 5.92 Å². The van der Waals surface area contributed by atoms with E-state index in [0.29, 0.717) is 5.69 Å². The molecule has 0 bridgehead atoms. The summed E-state index contributed by atoms with van der Waals surface area (Å²) in [4.78, 5) is 10.3. The second kappa shape index (κ2) is 5.55. The zero-order chi connectivity index (χ0) is 13.8. The third-order valence-corrected chi connectivity index (χ3v) is 3.18. The van der Waals surface area contributed by atoms with E-state index in [-0.39, 0.29) is 5.69 Å². The number of terminal acetylenes is 1. The second-order valence-electron chi connectivity index (χ2n) is 3.77. The van der Waals surface area contributed by atoms with Gasteiger partial charge in [0.25, 0.3) is 5.69 Å². The highest BCUT2D eigenvalue weighted by Gasteiger charge is 2.09. The molecular weight excluding hydrogens is 308 g/mol. The fourth-order valence-electron chi connectivity index (χ4n) is 1.53. The number of nitro groups is 1. The van der Waals surface area contributed by atoms with Gasteiger partial charge in [-0.2, -0.15) is 0 Å². The van der Waals surface area contributed by atoms with Crippen molar-refractivity contribution in [2.24, 2.45) is 0 Å². The number of anilines is 2. The lowest BCUT2D eigenvalue weighted by molar-refractivity contribution is -0.384. The summed E-state index contributed by atoms with van der Waals surface area (Å²) in [5.41, 5.74) is 2.25. The molecule has 0 saturated carbocycles. The third kappa shape index (κ3) is 3.12. The van der Waals surface area contributed by atoms with Crippen molar-refractivity contribution >= 4 is 33.0 Å². The first-order valence-electron chi connectivity index (χ1n) is 5.38. The van der Waals surface area contributed by atoms with Crippen molar-refractivity contribution in [1.29, 1.82) is 0 Å². The highest BCUT2D eigenvalue weighted by atomic mass is 79.9. The van der Waals surface area contributed by atoms with Crippen molar-refractivity contribution < 1.29 is 4.92 Å². The van der Waals surface area contributed by atoms with E-state index in [0.717, 1.165) is 15.7 Å². The normalized spacial score (nSPS) is 9.68. The maximum Gasteiger partial charge on any atom is 0.271 e. The van der Waals surface area contributed by atoms with Crippen LogP contribution in [-0.2, 0) is 0 Å². The van der Waals surface area contributed by atoms with Gasteiger partial charge in [-0.3, -0.25) is 10.1 Å². The highest BCUT2D eigenvalue weighted by molar-refractivity contribution is 9.10. The van der Waals surface area contributed by atoms with E-state index < -0.39 is 4.92 Å². The predicted octanol–water partition coefficient (Wildman–Crippen LogP) is 4.08. The van der Waals surface area contributed by atoms with Gasteiger partial charge in [0.05, 0.1) is 10.6 Å². The summed E-state index contributed by atoms with van der Waals surface area (Å²) >= 11 is 3.35. The van der Waals surface area contributed by atoms with Crippen LogP contribution < -0.4 is 5.32 Å². The fraction of sp³-hybridized carbons (Fsp3) is 0. The Morgan fingerprint density at radius 2 is 1.89 bits per heavy atom. The van der Waals surface area contributed by atoms with Crippen LogP contribution in [0, 0.1) is 22.5 Å². The quantitative estimate of drug-likeness (QED) is 0.527. The molecule has 0 unspecified atom stereocenters. The lowest BCUT2D eigenvalue weighted by Crippen LogP contribution is -1.94. The zero-order valence-electron chi connectivity index (χ0n) is 9.76. The summed E-state index contributed by atoms with van der Waals surface area (Å²) in [5, 5.41) is 13.8. The molecule has 2 aromatic carbocycles. The molecule has 0 aromatic heterocycles. The Balaban J connectivity index is 2.29. The Hall–Kier alpha value is -2.32. The summed E-state index contributed by atoms with van der Waals surface area (Å²) in [7, 11) is 0. The number of nitro benzene ring substituents is 1. The number of hydrogen-bond acceptors (Lipinski definition) is 3. The number of halogens is 1. The van der Waals surface area contributed by atoms with E-state index in [4.69, 9.17) is 6.42 Å². The summed E-state index contributed by atoms with van der Waals surface area (Å²) in [6, 6.07) is 11.8. The van der Waals surface area contributed by atoms with E-state index in [1.165, 1.54) is 12.1 Å². The minimum absolute atomic E-state index is 0.0333. The predicted molar refractivity (Wildman–Crippen MR) is 78.5 cm³/mol. The molecular formula is C14H9BrN2O2. The molecule has 19 heavy (non-hydrogen) atoms. The van der Waals surface area contributed by atoms with Crippen LogP contribution in [0.2, 0.25) is 0 Å². The average molecular weight is 317 g/mol. The van der Waals surface area contributed by atoms with E-state index in [2.05, 4.69) is 27.2 Å². The molecule has 0 aliphatic heterocycles. The Kier molecular flexibility index (Phi) is 3.83. The fourth-order valence-corrected chi connectivity index (χ4v) is 1.87. The van der Waals surface area contributed by atoms with Gasteiger partial charge in [0.2, 0.25) is 0 Å². The number of rotatable bonds is 3. The topological polar surface area (TPSA) is 55.2 Å². The average Bonchev–Trinajstić information content (AvgIpc) is 2.42. The van der Waals surface area contributed by atoms with Gasteiger partial charge >= 0.3 is 0 Å². The zero-order valence-corrected chi connectivity index (χ0v) is 11.3. The van der Waals surface area contributed by atoms with E-state index >= 15 is 0 Å². The maximum absolute atomic E-state index is 10.7. The number of non-ortho nitro benzene ring substituents is 1. The second-order valence-corrected chi connectivity index (χ2v) is 4.62. The van der Waals surface area contributed by atoms with Crippen LogP contribution in [0.15, 0.2) is 46.9 Å². The Morgan fingerprint density at radius 1 is 1.21 bits per heavy atom. The van der Waals surface area contributed by atoms with Gasteiger partial charge in [-0.05, 0) is 46.3 Å². The number of benzene rings is 2. The monoisotopic (exact) mass is 316 g/mol. The van der Waals surface area contributed by atoms with Crippen LogP contribution >= 0.6 is 15.9 Å². The molecule has 94 valence electrons. The Morgan fingerprint density at radius 3 is 2.47 bits per heavy atom. The van der Waals surface area contributed by atoms with Crippen LogP contribution in [0.25, 0.3) is 0 Å². The molecule has 0 fully saturated rings. The minimum Gasteiger partial charge on any atom is -0.354 e. The first-order valence-corrected chi connectivity index (χ1v) is 6.17. The molecule has 0 saturated heterocycles. The van der Waals surface area contributed by atoms with Crippen molar-refractivity contribution in [1.82, 2.24) is 0 Å². The van der Waals surface area contributed by atoms with Gasteiger partial charge in [-0.25, -0.2) is 0 Å². The SMILES string of the molecule is C#Cc1ccc(Nc2cc([N+](=O)[O-])ccc2Br)cc1. The van der Waals surface area contributed by atoms with Crippen LogP contribution in [0.1, 0.15) is 5.56 Å². The summed E-state index contributed by atoms with van der Waals surface area (Å²) in [6.45, 7) is 0. The molecule has 0 aliphatic carbocycles. The molecule has 1 N–H and O–H groups in total. The van der Waals surface area contributed by atoms with Crippen molar-refractivity contribution in [3.05, 3.63) is 62.6 Å². The molecule has 0 amide bonds. The Bertz CT molecular complexity index is 660. The molecule has 0 radical (unpaired) electrons. The van der Waals surface area contributed by atoms with Crippen LogP contribution in [0.3, 0.4) is 0 Å². The van der Waals surface area contributed by atoms with Gasteiger partial charge < -0.3 is 5.32 Å². The van der Waals surface area contributed by atoms with Crippen molar-refractivity contribution in [3.63, 3.8) is 0 Å². The first-order chi connectivity index (χ1) is 9.10. The van der Waals surface area contributed by atoms with Crippen LogP contribution in [0.5, 0.6) is 0 Å². The molecule has 0 heterocycles. The van der Waals surface area contributed by atoms with Gasteiger partial charge in [0, 0.05) is 27.9 Å². The van der Waals surface area contributed by atoms with Gasteiger partial charge in [-0.15, -0.1) is 6.42 Å². The van der Waals surface area contributed by atoms with E-state index in [9.17, 15) is 10.1 Å². The standard InChI is InChI=1S/C14H9BrN2O2/c1-2-10-3-5-11(6-4-10)16-14-9-12(17(18)19)7-8-13(14)15/h1,3-9,16H. The first kappa shape index (κ1) is 13.1. The lowest BCUT2D eigenvalue weighted by atomic mass is 10.2. The molecule has 0 atom stereocenters. The summed E-state index contributed by atoms with van der Waals surface area (Å²) < 4.78 is 0.749. The van der Waals surface area contributed by atoms with Crippen LogP contribution in [0.4, 0.5) is 17.1 Å². The molecule has 2 aromatic rings.